The Labute approximate surface area is 196 Å². The molecule has 176 valence electrons. The van der Waals surface area contributed by atoms with E-state index >= 15 is 0 Å². The van der Waals surface area contributed by atoms with Gasteiger partial charge in [-0.15, -0.1) is 11.3 Å². The molecule has 2 saturated heterocycles. The lowest BCUT2D eigenvalue weighted by Gasteiger charge is -2.31. The fraction of sp³-hybridized carbons (Fsp3) is 0.478. The standard InChI is InChI=1S/C23H28N4O5S/c28-20(5-6-21(29)30)27-9-7-16(8-10-27)23-25-18(15-33-23)22(31)24-17-3-1-2-4-19(17)26-11-13-32-14-12-26/h1-4,15-16H,5-14H2,(H,24,31)(H,29,30). The van der Waals surface area contributed by atoms with Gasteiger partial charge in [-0.1, -0.05) is 12.1 Å². The van der Waals surface area contributed by atoms with Gasteiger partial charge in [0.1, 0.15) is 5.69 Å². The third-order valence-corrected chi connectivity index (χ3v) is 7.02. The summed E-state index contributed by atoms with van der Waals surface area (Å²) >= 11 is 1.47. The molecule has 1 aromatic heterocycles. The van der Waals surface area contributed by atoms with Crippen LogP contribution in [0, 0.1) is 0 Å². The fourth-order valence-electron chi connectivity index (χ4n) is 4.17. The van der Waals surface area contributed by atoms with Crippen LogP contribution in [0.5, 0.6) is 0 Å². The van der Waals surface area contributed by atoms with Crippen LogP contribution >= 0.6 is 11.3 Å². The SMILES string of the molecule is O=C(O)CCC(=O)N1CCC(c2nc(C(=O)Nc3ccccc3N3CCOCC3)cs2)CC1. The predicted molar refractivity (Wildman–Crippen MR) is 125 cm³/mol. The second-order valence-electron chi connectivity index (χ2n) is 8.19. The number of thiazole rings is 1. The van der Waals surface area contributed by atoms with Crippen LogP contribution in [-0.4, -0.2) is 72.2 Å². The number of likely N-dealkylation sites (tertiary alicyclic amines) is 1. The molecule has 2 aliphatic rings. The number of morpholine rings is 1. The van der Waals surface area contributed by atoms with Gasteiger partial charge < -0.3 is 25.0 Å². The van der Waals surface area contributed by atoms with Crippen LogP contribution in [-0.2, 0) is 14.3 Å². The zero-order valence-corrected chi connectivity index (χ0v) is 19.2. The minimum absolute atomic E-state index is 0.0352. The van der Waals surface area contributed by atoms with Gasteiger partial charge in [0.25, 0.3) is 5.91 Å². The van der Waals surface area contributed by atoms with Crippen molar-refractivity contribution in [3.63, 3.8) is 0 Å². The van der Waals surface area contributed by atoms with Crippen molar-refractivity contribution in [1.29, 1.82) is 0 Å². The summed E-state index contributed by atoms with van der Waals surface area (Å²) in [6.45, 7) is 4.06. The van der Waals surface area contributed by atoms with Crippen molar-refractivity contribution in [1.82, 2.24) is 9.88 Å². The summed E-state index contributed by atoms with van der Waals surface area (Å²) in [5, 5.41) is 14.4. The summed E-state index contributed by atoms with van der Waals surface area (Å²) in [6, 6.07) is 7.75. The second kappa shape index (κ2) is 10.8. The van der Waals surface area contributed by atoms with Gasteiger partial charge >= 0.3 is 5.97 Å². The van der Waals surface area contributed by atoms with Gasteiger partial charge in [0.05, 0.1) is 36.0 Å². The second-order valence-corrected chi connectivity index (χ2v) is 9.08. The molecule has 2 amide bonds. The maximum atomic E-state index is 12.9. The highest BCUT2D eigenvalue weighted by molar-refractivity contribution is 7.10. The molecule has 33 heavy (non-hydrogen) atoms. The summed E-state index contributed by atoms with van der Waals surface area (Å²) in [4.78, 5) is 44.2. The number of carboxylic acid groups (broad SMARTS) is 1. The van der Waals surface area contributed by atoms with Crippen LogP contribution in [0.1, 0.15) is 47.1 Å². The Bertz CT molecular complexity index is 996. The van der Waals surface area contributed by atoms with Crippen molar-refractivity contribution in [3.05, 3.63) is 40.3 Å². The number of nitrogens with zero attached hydrogens (tertiary/aromatic N) is 3. The summed E-state index contributed by atoms with van der Waals surface area (Å²) < 4.78 is 5.43. The average molecular weight is 473 g/mol. The molecule has 0 atom stereocenters. The van der Waals surface area contributed by atoms with Crippen molar-refractivity contribution in [2.75, 3.05) is 49.6 Å². The maximum absolute atomic E-state index is 12.9. The molecule has 1 aromatic carbocycles. The molecule has 9 nitrogen and oxygen atoms in total. The van der Waals surface area contributed by atoms with Crippen LogP contribution in [0.2, 0.25) is 0 Å². The lowest BCUT2D eigenvalue weighted by Crippen LogP contribution is -2.38. The third kappa shape index (κ3) is 5.88. The molecular weight excluding hydrogens is 444 g/mol. The minimum atomic E-state index is -0.959. The van der Waals surface area contributed by atoms with E-state index in [0.29, 0.717) is 32.0 Å². The number of nitrogens with one attached hydrogen (secondary N) is 1. The number of anilines is 2. The molecule has 0 unspecified atom stereocenters. The Morgan fingerprint density at radius 2 is 1.82 bits per heavy atom. The molecule has 0 radical (unpaired) electrons. The number of ether oxygens (including phenoxy) is 1. The van der Waals surface area contributed by atoms with Gasteiger partial charge in [-0.05, 0) is 25.0 Å². The first kappa shape index (κ1) is 23.2. The number of benzene rings is 1. The minimum Gasteiger partial charge on any atom is -0.481 e. The Balaban J connectivity index is 1.34. The molecule has 2 aromatic rings. The summed E-state index contributed by atoms with van der Waals surface area (Å²) in [7, 11) is 0. The molecule has 2 N–H and O–H groups in total. The lowest BCUT2D eigenvalue weighted by molar-refractivity contribution is -0.141. The molecule has 10 heteroatoms. The number of amides is 2. The zero-order chi connectivity index (χ0) is 23.2. The maximum Gasteiger partial charge on any atom is 0.303 e. The molecule has 0 aliphatic carbocycles. The summed E-state index contributed by atoms with van der Waals surface area (Å²) in [6.07, 6.45) is 1.41. The number of rotatable bonds is 7. The monoisotopic (exact) mass is 472 g/mol. The molecule has 2 aliphatic heterocycles. The Hall–Kier alpha value is -2.98. The largest absolute Gasteiger partial charge is 0.481 e. The predicted octanol–water partition coefficient (Wildman–Crippen LogP) is 2.80. The van der Waals surface area contributed by atoms with Crippen molar-refractivity contribution in [2.24, 2.45) is 0 Å². The quantitative estimate of drug-likeness (QED) is 0.637. The smallest absolute Gasteiger partial charge is 0.303 e. The van der Waals surface area contributed by atoms with E-state index in [2.05, 4.69) is 15.2 Å². The molecule has 0 bridgehead atoms. The van der Waals surface area contributed by atoms with Gasteiger partial charge in [0, 0.05) is 43.9 Å². The summed E-state index contributed by atoms with van der Waals surface area (Å²) in [5.41, 5.74) is 2.13. The topological polar surface area (TPSA) is 112 Å². The van der Waals surface area contributed by atoms with Gasteiger partial charge in [-0.3, -0.25) is 14.4 Å². The van der Waals surface area contributed by atoms with Crippen LogP contribution in [0.4, 0.5) is 11.4 Å². The normalized spacial score (nSPS) is 17.1. The Morgan fingerprint density at radius 3 is 2.55 bits per heavy atom. The summed E-state index contributed by atoms with van der Waals surface area (Å²) in [5.74, 6) is -1.12. The highest BCUT2D eigenvalue weighted by atomic mass is 32.1. The number of carboxylic acids is 1. The molecule has 2 fully saturated rings. The number of aliphatic carboxylic acids is 1. The number of hydrogen-bond acceptors (Lipinski definition) is 7. The van der Waals surface area contributed by atoms with Gasteiger partial charge in [-0.2, -0.15) is 0 Å². The fourth-order valence-corrected chi connectivity index (χ4v) is 5.14. The van der Waals surface area contributed by atoms with E-state index in [0.717, 1.165) is 42.3 Å². The number of carbonyl (C=O) groups excluding carboxylic acids is 2. The van der Waals surface area contributed by atoms with Crippen LogP contribution < -0.4 is 10.2 Å². The van der Waals surface area contributed by atoms with Crippen LogP contribution in [0.3, 0.4) is 0 Å². The van der Waals surface area contributed by atoms with Crippen molar-refractivity contribution < 1.29 is 24.2 Å². The van der Waals surface area contributed by atoms with Gasteiger partial charge in [0.15, 0.2) is 0 Å². The molecular formula is C23H28N4O5S. The average Bonchev–Trinajstić information content (AvgIpc) is 3.34. The third-order valence-electron chi connectivity index (χ3n) is 6.01. The van der Waals surface area contributed by atoms with E-state index in [1.54, 1.807) is 10.3 Å². The first-order valence-corrected chi connectivity index (χ1v) is 12.1. The van der Waals surface area contributed by atoms with E-state index in [4.69, 9.17) is 9.84 Å². The number of para-hydroxylation sites is 2. The number of hydrogen-bond donors (Lipinski definition) is 2. The van der Waals surface area contributed by atoms with Gasteiger partial charge in [0.2, 0.25) is 5.91 Å². The van der Waals surface area contributed by atoms with Crippen molar-refractivity contribution >= 4 is 40.5 Å². The Morgan fingerprint density at radius 1 is 1.09 bits per heavy atom. The van der Waals surface area contributed by atoms with Crippen molar-refractivity contribution in [2.45, 2.75) is 31.6 Å². The van der Waals surface area contributed by atoms with E-state index in [-0.39, 0.29) is 30.6 Å². The van der Waals surface area contributed by atoms with E-state index in [1.807, 2.05) is 24.3 Å². The first-order valence-electron chi connectivity index (χ1n) is 11.2. The number of piperidine rings is 1. The van der Waals surface area contributed by atoms with E-state index in [1.165, 1.54) is 11.3 Å². The van der Waals surface area contributed by atoms with Crippen molar-refractivity contribution in [3.8, 4) is 0 Å². The molecule has 0 spiro atoms. The number of aromatic nitrogens is 1. The highest BCUT2D eigenvalue weighted by Gasteiger charge is 2.27. The number of carbonyl (C=O) groups is 3. The highest BCUT2D eigenvalue weighted by Crippen LogP contribution is 2.31. The molecule has 3 heterocycles. The first-order chi connectivity index (χ1) is 16.0. The van der Waals surface area contributed by atoms with Crippen LogP contribution in [0.15, 0.2) is 29.6 Å². The zero-order valence-electron chi connectivity index (χ0n) is 18.4. The van der Waals surface area contributed by atoms with E-state index < -0.39 is 5.97 Å². The molecule has 0 saturated carbocycles. The van der Waals surface area contributed by atoms with E-state index in [9.17, 15) is 14.4 Å². The lowest BCUT2D eigenvalue weighted by atomic mass is 9.97. The van der Waals surface area contributed by atoms with Crippen LogP contribution in [0.25, 0.3) is 0 Å². The molecule has 4 rings (SSSR count). The van der Waals surface area contributed by atoms with Gasteiger partial charge in [-0.25, -0.2) is 4.98 Å². The Kier molecular flexibility index (Phi) is 7.56.